The molecule has 0 aliphatic carbocycles. The third-order valence-electron chi connectivity index (χ3n) is 6.45. The first-order chi connectivity index (χ1) is 17.1. The van der Waals surface area contributed by atoms with Crippen molar-refractivity contribution < 1.29 is 9.53 Å². The van der Waals surface area contributed by atoms with Crippen molar-refractivity contribution >= 4 is 28.6 Å². The van der Waals surface area contributed by atoms with Crippen LogP contribution in [0.25, 0.3) is 10.9 Å². The quantitative estimate of drug-likeness (QED) is 0.315. The molecule has 2 aromatic carbocycles. The van der Waals surface area contributed by atoms with Crippen LogP contribution in [0.1, 0.15) is 31.1 Å². The molecule has 1 amide bonds. The molecule has 1 atom stereocenters. The molecule has 3 aromatic rings. The van der Waals surface area contributed by atoms with Crippen molar-refractivity contribution in [2.75, 3.05) is 45.9 Å². The topological polar surface area (TPSA) is 67.7 Å². The predicted octanol–water partition coefficient (Wildman–Crippen LogP) is 3.82. The number of benzene rings is 2. The van der Waals surface area contributed by atoms with Gasteiger partial charge in [-0.3, -0.25) is 14.2 Å². The lowest BCUT2D eigenvalue weighted by atomic mass is 10.1. The zero-order valence-electron chi connectivity index (χ0n) is 20.6. The molecular formula is C27H34N4O3S. The highest BCUT2D eigenvalue weighted by Gasteiger charge is 2.30. The summed E-state index contributed by atoms with van der Waals surface area (Å²) >= 11 is 1.38. The Morgan fingerprint density at radius 3 is 2.46 bits per heavy atom. The van der Waals surface area contributed by atoms with Crippen molar-refractivity contribution in [2.45, 2.75) is 37.2 Å². The van der Waals surface area contributed by atoms with Gasteiger partial charge in [-0.1, -0.05) is 68.1 Å². The molecule has 0 spiro atoms. The minimum absolute atomic E-state index is 0.0293. The van der Waals surface area contributed by atoms with Crippen LogP contribution in [-0.2, 0) is 16.1 Å². The number of morpholine rings is 1. The molecule has 1 unspecified atom stereocenters. The summed E-state index contributed by atoms with van der Waals surface area (Å²) < 4.78 is 7.22. The van der Waals surface area contributed by atoms with E-state index in [2.05, 4.69) is 18.7 Å². The molecule has 35 heavy (non-hydrogen) atoms. The van der Waals surface area contributed by atoms with Gasteiger partial charge in [0, 0.05) is 19.6 Å². The summed E-state index contributed by atoms with van der Waals surface area (Å²) in [7, 11) is 0. The van der Waals surface area contributed by atoms with E-state index in [1.54, 1.807) is 4.57 Å². The Kier molecular flexibility index (Phi) is 8.95. The van der Waals surface area contributed by atoms with Gasteiger partial charge in [0.2, 0.25) is 5.91 Å². The average Bonchev–Trinajstić information content (AvgIpc) is 2.91. The third-order valence-corrected chi connectivity index (χ3v) is 7.68. The van der Waals surface area contributed by atoms with E-state index >= 15 is 0 Å². The number of thioether (sulfide) groups is 1. The van der Waals surface area contributed by atoms with Gasteiger partial charge in [0.15, 0.2) is 5.16 Å². The molecule has 1 aliphatic rings. The van der Waals surface area contributed by atoms with Gasteiger partial charge in [-0.05, 0) is 43.8 Å². The molecule has 186 valence electrons. The number of carbonyl (C=O) groups excluding carboxylic acids is 1. The summed E-state index contributed by atoms with van der Waals surface area (Å²) in [5, 5.41) is 0.704. The lowest BCUT2D eigenvalue weighted by molar-refractivity contribution is -0.134. The third kappa shape index (κ3) is 6.12. The van der Waals surface area contributed by atoms with Crippen LogP contribution in [0.2, 0.25) is 0 Å². The van der Waals surface area contributed by atoms with Gasteiger partial charge in [0.1, 0.15) is 5.25 Å². The summed E-state index contributed by atoms with van der Waals surface area (Å²) in [6.45, 7) is 9.96. The van der Waals surface area contributed by atoms with Gasteiger partial charge in [-0.15, -0.1) is 0 Å². The van der Waals surface area contributed by atoms with E-state index in [1.807, 2.05) is 59.5 Å². The number of fused-ring (bicyclic) bond motifs is 1. The van der Waals surface area contributed by atoms with E-state index in [9.17, 15) is 9.59 Å². The summed E-state index contributed by atoms with van der Waals surface area (Å²) in [6, 6.07) is 17.2. The molecule has 1 aliphatic heterocycles. The molecule has 7 nitrogen and oxygen atoms in total. The highest BCUT2D eigenvalue weighted by Crippen LogP contribution is 2.36. The summed E-state index contributed by atoms with van der Waals surface area (Å²) in [5.41, 5.74) is 1.51. The molecule has 0 bridgehead atoms. The molecule has 4 rings (SSSR count). The second-order valence-corrected chi connectivity index (χ2v) is 9.67. The summed E-state index contributed by atoms with van der Waals surface area (Å²) in [6.07, 6.45) is 0.836. The SMILES string of the molecule is CCN(CC)CCCn1c(SC(C(=O)N2CCOCC2)c2ccccc2)nc2ccccc2c1=O. The maximum absolute atomic E-state index is 13.7. The van der Waals surface area contributed by atoms with Gasteiger partial charge < -0.3 is 14.5 Å². The Morgan fingerprint density at radius 2 is 1.74 bits per heavy atom. The number of rotatable bonds is 10. The fourth-order valence-corrected chi connectivity index (χ4v) is 5.58. The monoisotopic (exact) mass is 494 g/mol. The van der Waals surface area contributed by atoms with Crippen LogP contribution in [0.4, 0.5) is 0 Å². The first-order valence-corrected chi connectivity index (χ1v) is 13.3. The fourth-order valence-electron chi connectivity index (χ4n) is 4.37. The molecule has 8 heteroatoms. The normalized spacial score (nSPS) is 15.0. The van der Waals surface area contributed by atoms with E-state index in [0.717, 1.165) is 31.6 Å². The largest absolute Gasteiger partial charge is 0.378 e. The van der Waals surface area contributed by atoms with Crippen molar-refractivity contribution in [3.63, 3.8) is 0 Å². The summed E-state index contributed by atoms with van der Waals surface area (Å²) in [4.78, 5) is 36.3. The van der Waals surface area contributed by atoms with E-state index < -0.39 is 5.25 Å². The maximum Gasteiger partial charge on any atom is 0.262 e. The first kappa shape index (κ1) is 25.4. The van der Waals surface area contributed by atoms with Gasteiger partial charge in [0.25, 0.3) is 5.56 Å². The molecule has 0 saturated carbocycles. The van der Waals surface area contributed by atoms with Crippen molar-refractivity contribution in [3.05, 3.63) is 70.5 Å². The van der Waals surface area contributed by atoms with Crippen LogP contribution < -0.4 is 5.56 Å². The fraction of sp³-hybridized carbons (Fsp3) is 0.444. The van der Waals surface area contributed by atoms with Crippen LogP contribution in [0.5, 0.6) is 0 Å². The number of aromatic nitrogens is 2. The minimum atomic E-state index is -0.489. The molecule has 1 fully saturated rings. The zero-order valence-corrected chi connectivity index (χ0v) is 21.4. The molecule has 1 aromatic heterocycles. The summed E-state index contributed by atoms with van der Waals surface area (Å²) in [5.74, 6) is 0.0293. The highest BCUT2D eigenvalue weighted by molar-refractivity contribution is 8.00. The Morgan fingerprint density at radius 1 is 1.06 bits per heavy atom. The number of nitrogens with zero attached hydrogens (tertiary/aromatic N) is 4. The standard InChI is InChI=1S/C27H34N4O3S/c1-3-29(4-2)15-10-16-31-25(32)22-13-8-9-14-23(22)28-27(31)35-24(21-11-6-5-7-12-21)26(33)30-17-19-34-20-18-30/h5-9,11-14,24H,3-4,10,15-20H2,1-2H3. The Hall–Kier alpha value is -2.68. The smallest absolute Gasteiger partial charge is 0.262 e. The highest BCUT2D eigenvalue weighted by atomic mass is 32.2. The molecule has 0 radical (unpaired) electrons. The van der Waals surface area contributed by atoms with Gasteiger partial charge in [0.05, 0.1) is 24.1 Å². The van der Waals surface area contributed by atoms with E-state index in [4.69, 9.17) is 9.72 Å². The first-order valence-electron chi connectivity index (χ1n) is 12.4. The van der Waals surface area contributed by atoms with Crippen LogP contribution in [0.3, 0.4) is 0 Å². The van der Waals surface area contributed by atoms with Gasteiger partial charge in [-0.25, -0.2) is 4.98 Å². The Balaban J connectivity index is 1.70. The predicted molar refractivity (Wildman–Crippen MR) is 141 cm³/mol. The van der Waals surface area contributed by atoms with Crippen molar-refractivity contribution in [3.8, 4) is 0 Å². The molecule has 1 saturated heterocycles. The molecular weight excluding hydrogens is 460 g/mol. The van der Waals surface area contributed by atoms with Crippen molar-refractivity contribution in [1.29, 1.82) is 0 Å². The lowest BCUT2D eigenvalue weighted by Gasteiger charge is -2.30. The number of amides is 1. The molecule has 0 N–H and O–H groups in total. The van der Waals surface area contributed by atoms with Crippen molar-refractivity contribution in [2.24, 2.45) is 0 Å². The van der Waals surface area contributed by atoms with Crippen LogP contribution >= 0.6 is 11.8 Å². The lowest BCUT2D eigenvalue weighted by Crippen LogP contribution is -2.42. The van der Waals surface area contributed by atoms with Crippen molar-refractivity contribution in [1.82, 2.24) is 19.4 Å². The maximum atomic E-state index is 13.7. The second-order valence-electron chi connectivity index (χ2n) is 8.59. The number of hydrogen-bond acceptors (Lipinski definition) is 6. The number of ether oxygens (including phenoxy) is 1. The number of carbonyl (C=O) groups is 1. The van der Waals surface area contributed by atoms with Gasteiger partial charge in [-0.2, -0.15) is 0 Å². The number of para-hydroxylation sites is 1. The van der Waals surface area contributed by atoms with E-state index in [1.165, 1.54) is 11.8 Å². The van der Waals surface area contributed by atoms with Crippen LogP contribution in [0.15, 0.2) is 64.5 Å². The van der Waals surface area contributed by atoms with E-state index in [-0.39, 0.29) is 11.5 Å². The Bertz CT molecular complexity index is 1170. The Labute approximate surface area is 211 Å². The zero-order chi connectivity index (χ0) is 24.6. The van der Waals surface area contributed by atoms with E-state index in [0.29, 0.717) is 48.9 Å². The average molecular weight is 495 g/mol. The number of hydrogen-bond donors (Lipinski definition) is 0. The molecule has 2 heterocycles. The van der Waals surface area contributed by atoms with Gasteiger partial charge >= 0.3 is 0 Å². The minimum Gasteiger partial charge on any atom is -0.378 e. The van der Waals surface area contributed by atoms with Crippen LogP contribution in [-0.4, -0.2) is 71.2 Å². The second kappa shape index (κ2) is 12.3. The van der Waals surface area contributed by atoms with Crippen LogP contribution in [0, 0.1) is 0 Å².